The maximum atomic E-state index is 12.2. The number of aromatic nitrogens is 3. The molecule has 1 N–H and O–H groups in total. The van der Waals surface area contributed by atoms with Crippen molar-refractivity contribution in [1.29, 1.82) is 0 Å². The summed E-state index contributed by atoms with van der Waals surface area (Å²) in [6.45, 7) is 2.79. The average molecular weight is 427 g/mol. The maximum Gasteiger partial charge on any atom is 0.234 e. The lowest BCUT2D eigenvalue weighted by molar-refractivity contribution is -0.113. The van der Waals surface area contributed by atoms with Gasteiger partial charge in [-0.1, -0.05) is 41.0 Å². The van der Waals surface area contributed by atoms with Crippen LogP contribution in [0.2, 0.25) is 10.0 Å². The van der Waals surface area contributed by atoms with Crippen LogP contribution in [0.5, 0.6) is 0 Å². The van der Waals surface area contributed by atoms with E-state index in [1.165, 1.54) is 16.6 Å². The zero-order valence-corrected chi connectivity index (χ0v) is 17.1. The molecular weight excluding hydrogens is 411 g/mol. The van der Waals surface area contributed by atoms with Crippen molar-refractivity contribution in [3.05, 3.63) is 56.5 Å². The van der Waals surface area contributed by atoms with Crippen molar-refractivity contribution in [1.82, 2.24) is 14.8 Å². The minimum absolute atomic E-state index is 0.154. The second-order valence-electron chi connectivity index (χ2n) is 5.39. The lowest BCUT2D eigenvalue weighted by atomic mass is 10.3. The van der Waals surface area contributed by atoms with Crippen molar-refractivity contribution in [3.8, 4) is 0 Å². The Bertz CT molecular complexity index is 876. The molecule has 0 unspecified atom stereocenters. The van der Waals surface area contributed by atoms with Gasteiger partial charge in [-0.15, -0.1) is 21.5 Å². The summed E-state index contributed by atoms with van der Waals surface area (Å²) >= 11 is 14.9. The number of benzene rings is 1. The number of nitrogens with zero attached hydrogens (tertiary/aromatic N) is 3. The lowest BCUT2D eigenvalue weighted by Crippen LogP contribution is -2.14. The highest BCUT2D eigenvalue weighted by molar-refractivity contribution is 7.99. The molecule has 0 saturated carbocycles. The average Bonchev–Trinajstić information content (AvgIpc) is 3.22. The molecule has 0 aliphatic heterocycles. The summed E-state index contributed by atoms with van der Waals surface area (Å²) in [5, 5.41) is 15.0. The topological polar surface area (TPSA) is 59.8 Å². The van der Waals surface area contributed by atoms with Gasteiger partial charge in [-0.2, -0.15) is 0 Å². The molecule has 3 rings (SSSR count). The number of hydrogen-bond donors (Lipinski definition) is 1. The van der Waals surface area contributed by atoms with Gasteiger partial charge in [-0.3, -0.25) is 4.79 Å². The standard InChI is InChI=1S/C17H16Cl2N4OS2/c1-2-23-15(9-14-4-3-5-25-14)21-22-17(23)26-10-16(24)20-13-7-11(18)6-12(19)8-13/h3-8H,2,9-10H2,1H3,(H,20,24). The van der Waals surface area contributed by atoms with Crippen LogP contribution in [0.4, 0.5) is 5.69 Å². The van der Waals surface area contributed by atoms with Crippen LogP contribution >= 0.6 is 46.3 Å². The minimum atomic E-state index is -0.154. The molecule has 136 valence electrons. The van der Waals surface area contributed by atoms with Crippen LogP contribution in [-0.4, -0.2) is 26.4 Å². The van der Waals surface area contributed by atoms with E-state index in [1.54, 1.807) is 29.5 Å². The molecule has 0 aliphatic carbocycles. The highest BCUT2D eigenvalue weighted by atomic mass is 35.5. The Labute approximate surface area is 169 Å². The molecule has 1 amide bonds. The van der Waals surface area contributed by atoms with Gasteiger partial charge in [0.2, 0.25) is 5.91 Å². The first kappa shape index (κ1) is 19.2. The van der Waals surface area contributed by atoms with Crippen molar-refractivity contribution >= 4 is 57.9 Å². The molecule has 0 saturated heterocycles. The lowest BCUT2D eigenvalue weighted by Gasteiger charge is -2.08. The second kappa shape index (κ2) is 8.90. The number of thiophene rings is 1. The van der Waals surface area contributed by atoms with E-state index in [-0.39, 0.29) is 11.7 Å². The predicted molar refractivity (Wildman–Crippen MR) is 109 cm³/mol. The van der Waals surface area contributed by atoms with Crippen molar-refractivity contribution in [2.45, 2.75) is 25.0 Å². The largest absolute Gasteiger partial charge is 0.325 e. The molecule has 2 aromatic heterocycles. The van der Waals surface area contributed by atoms with Gasteiger partial charge in [0.05, 0.1) is 5.75 Å². The fourth-order valence-corrected chi connectivity index (χ4v) is 4.45. The highest BCUT2D eigenvalue weighted by Crippen LogP contribution is 2.24. The Kier molecular flexibility index (Phi) is 6.58. The number of rotatable bonds is 7. The normalized spacial score (nSPS) is 10.9. The van der Waals surface area contributed by atoms with Crippen LogP contribution in [0.1, 0.15) is 17.6 Å². The summed E-state index contributed by atoms with van der Waals surface area (Å²) in [6.07, 6.45) is 0.742. The Morgan fingerprint density at radius 1 is 1.27 bits per heavy atom. The van der Waals surface area contributed by atoms with Crippen molar-refractivity contribution in [2.24, 2.45) is 0 Å². The maximum absolute atomic E-state index is 12.2. The molecule has 26 heavy (non-hydrogen) atoms. The van der Waals surface area contributed by atoms with E-state index < -0.39 is 0 Å². The fraction of sp³-hybridized carbons (Fsp3) is 0.235. The Morgan fingerprint density at radius 3 is 2.69 bits per heavy atom. The molecule has 0 bridgehead atoms. The van der Waals surface area contributed by atoms with Crippen molar-refractivity contribution < 1.29 is 4.79 Å². The van der Waals surface area contributed by atoms with Crippen molar-refractivity contribution in [3.63, 3.8) is 0 Å². The summed E-state index contributed by atoms with van der Waals surface area (Å²) in [5.74, 6) is 0.972. The summed E-state index contributed by atoms with van der Waals surface area (Å²) in [6, 6.07) is 9.03. The van der Waals surface area contributed by atoms with E-state index in [0.717, 1.165) is 23.9 Å². The number of anilines is 1. The summed E-state index contributed by atoms with van der Waals surface area (Å²) in [5.41, 5.74) is 0.573. The van der Waals surface area contributed by atoms with Gasteiger partial charge < -0.3 is 9.88 Å². The number of amides is 1. The van der Waals surface area contributed by atoms with Gasteiger partial charge in [0.15, 0.2) is 5.16 Å². The Morgan fingerprint density at radius 2 is 2.04 bits per heavy atom. The van der Waals surface area contributed by atoms with E-state index in [0.29, 0.717) is 15.7 Å². The van der Waals surface area contributed by atoms with Crippen LogP contribution < -0.4 is 5.32 Å². The van der Waals surface area contributed by atoms with Gasteiger partial charge in [0, 0.05) is 33.6 Å². The Hall–Kier alpha value is -1.54. The summed E-state index contributed by atoms with van der Waals surface area (Å²) < 4.78 is 2.04. The van der Waals surface area contributed by atoms with E-state index in [2.05, 4.69) is 21.6 Å². The molecule has 0 atom stereocenters. The van der Waals surface area contributed by atoms with E-state index in [4.69, 9.17) is 23.2 Å². The smallest absolute Gasteiger partial charge is 0.234 e. The third-order valence-electron chi connectivity index (χ3n) is 3.50. The molecule has 3 aromatic rings. The third kappa shape index (κ3) is 5.01. The van der Waals surface area contributed by atoms with E-state index in [1.807, 2.05) is 22.9 Å². The minimum Gasteiger partial charge on any atom is -0.325 e. The molecule has 0 fully saturated rings. The van der Waals surface area contributed by atoms with Crippen LogP contribution in [0.3, 0.4) is 0 Å². The van der Waals surface area contributed by atoms with Crippen LogP contribution in [0.25, 0.3) is 0 Å². The molecule has 0 radical (unpaired) electrons. The number of halogens is 2. The van der Waals surface area contributed by atoms with Gasteiger partial charge >= 0.3 is 0 Å². The second-order valence-corrected chi connectivity index (χ2v) is 8.24. The molecule has 2 heterocycles. The first-order valence-corrected chi connectivity index (χ1v) is 10.5. The van der Waals surface area contributed by atoms with Crippen LogP contribution in [-0.2, 0) is 17.8 Å². The molecule has 9 heteroatoms. The number of carbonyl (C=O) groups is 1. The van der Waals surface area contributed by atoms with Gasteiger partial charge in [-0.25, -0.2) is 0 Å². The summed E-state index contributed by atoms with van der Waals surface area (Å²) in [7, 11) is 0. The zero-order chi connectivity index (χ0) is 18.5. The predicted octanol–water partition coefficient (Wildman–Crippen LogP) is 4.99. The quantitative estimate of drug-likeness (QED) is 0.540. The van der Waals surface area contributed by atoms with Crippen LogP contribution in [0, 0.1) is 0 Å². The number of nitrogens with one attached hydrogen (secondary N) is 1. The molecule has 0 spiro atoms. The summed E-state index contributed by atoms with van der Waals surface area (Å²) in [4.78, 5) is 13.4. The van der Waals surface area contributed by atoms with Gasteiger partial charge in [-0.05, 0) is 36.6 Å². The molecule has 1 aromatic carbocycles. The first-order valence-electron chi connectivity index (χ1n) is 7.88. The number of thioether (sulfide) groups is 1. The van der Waals surface area contributed by atoms with Crippen LogP contribution in [0.15, 0.2) is 40.9 Å². The monoisotopic (exact) mass is 426 g/mol. The molecule has 5 nitrogen and oxygen atoms in total. The highest BCUT2D eigenvalue weighted by Gasteiger charge is 2.14. The third-order valence-corrected chi connectivity index (χ3v) is 5.78. The number of carbonyl (C=O) groups excluding carboxylic acids is 1. The van der Waals surface area contributed by atoms with Gasteiger partial charge in [0.25, 0.3) is 0 Å². The van der Waals surface area contributed by atoms with Crippen molar-refractivity contribution in [2.75, 3.05) is 11.1 Å². The number of hydrogen-bond acceptors (Lipinski definition) is 5. The molecule has 0 aliphatic rings. The van der Waals surface area contributed by atoms with E-state index >= 15 is 0 Å². The fourth-order valence-electron chi connectivity index (χ4n) is 2.40. The molecular formula is C17H16Cl2N4OS2. The SMILES string of the molecule is CCn1c(Cc2cccs2)nnc1SCC(=O)Nc1cc(Cl)cc(Cl)c1. The zero-order valence-electron chi connectivity index (χ0n) is 13.9. The van der Waals surface area contributed by atoms with E-state index in [9.17, 15) is 4.79 Å². The van der Waals surface area contributed by atoms with Gasteiger partial charge in [0.1, 0.15) is 5.82 Å². The Balaban J connectivity index is 1.62. The first-order chi connectivity index (χ1) is 12.5.